The van der Waals surface area contributed by atoms with Crippen LogP contribution >= 0.6 is 0 Å². The van der Waals surface area contributed by atoms with Crippen molar-refractivity contribution in [1.82, 2.24) is 5.32 Å². The number of rotatable bonds is 5. The molecular formula is C13H15N3O2. The third-order valence-corrected chi connectivity index (χ3v) is 2.36. The van der Waals surface area contributed by atoms with Crippen molar-refractivity contribution in [2.75, 3.05) is 0 Å². The molecule has 1 aromatic carbocycles. The second-order valence-electron chi connectivity index (χ2n) is 4.12. The minimum Gasteiger partial charge on any atom is -0.370 e. The molecular weight excluding hydrogens is 230 g/mol. The lowest BCUT2D eigenvalue weighted by molar-refractivity contribution is -0.121. The summed E-state index contributed by atoms with van der Waals surface area (Å²) in [5.74, 6) is -0.616. The van der Waals surface area contributed by atoms with Crippen LogP contribution in [0, 0.1) is 11.3 Å². The Labute approximate surface area is 106 Å². The van der Waals surface area contributed by atoms with Crippen molar-refractivity contribution in [2.45, 2.75) is 25.8 Å². The number of amides is 2. The molecule has 18 heavy (non-hydrogen) atoms. The van der Waals surface area contributed by atoms with Crippen LogP contribution in [0.1, 0.15) is 24.5 Å². The normalized spacial score (nSPS) is 11.3. The maximum absolute atomic E-state index is 11.6. The molecule has 0 saturated heterocycles. The van der Waals surface area contributed by atoms with E-state index in [1.54, 1.807) is 31.2 Å². The van der Waals surface area contributed by atoms with Crippen molar-refractivity contribution in [2.24, 2.45) is 5.73 Å². The van der Waals surface area contributed by atoms with Crippen LogP contribution in [0.25, 0.3) is 0 Å². The lowest BCUT2D eigenvalue weighted by Gasteiger charge is -2.11. The first-order chi connectivity index (χ1) is 8.51. The summed E-state index contributed by atoms with van der Waals surface area (Å²) in [5, 5.41) is 11.3. The zero-order valence-corrected chi connectivity index (χ0v) is 10.1. The van der Waals surface area contributed by atoms with E-state index in [2.05, 4.69) is 5.32 Å². The first-order valence-electron chi connectivity index (χ1n) is 5.58. The van der Waals surface area contributed by atoms with E-state index in [4.69, 9.17) is 11.0 Å². The van der Waals surface area contributed by atoms with Gasteiger partial charge in [0.15, 0.2) is 0 Å². The highest BCUT2D eigenvalue weighted by molar-refractivity contribution is 5.80. The molecule has 1 atom stereocenters. The summed E-state index contributed by atoms with van der Waals surface area (Å²) in [4.78, 5) is 22.3. The van der Waals surface area contributed by atoms with Crippen LogP contribution in [0.3, 0.4) is 0 Å². The van der Waals surface area contributed by atoms with Gasteiger partial charge in [-0.05, 0) is 24.6 Å². The molecule has 0 aliphatic heterocycles. The van der Waals surface area contributed by atoms with Crippen LogP contribution in [-0.2, 0) is 16.0 Å². The Balaban J connectivity index is 2.49. The molecule has 5 nitrogen and oxygen atoms in total. The summed E-state index contributed by atoms with van der Waals surface area (Å²) in [7, 11) is 0. The summed E-state index contributed by atoms with van der Waals surface area (Å²) in [6.07, 6.45) is 0.341. The maximum Gasteiger partial charge on any atom is 0.224 e. The monoisotopic (exact) mass is 245 g/mol. The number of primary amides is 1. The zero-order chi connectivity index (χ0) is 13.5. The summed E-state index contributed by atoms with van der Waals surface area (Å²) in [5.41, 5.74) is 6.41. The molecule has 0 bridgehead atoms. The van der Waals surface area contributed by atoms with Gasteiger partial charge in [-0.25, -0.2) is 0 Å². The van der Waals surface area contributed by atoms with E-state index in [1.807, 2.05) is 6.07 Å². The SMILES string of the molecule is CC(CC(N)=O)NC(=O)Cc1ccc(C#N)cc1. The topological polar surface area (TPSA) is 96.0 Å². The van der Waals surface area contributed by atoms with E-state index in [-0.39, 0.29) is 24.8 Å². The molecule has 0 saturated carbocycles. The Bertz CT molecular complexity index is 474. The van der Waals surface area contributed by atoms with E-state index in [0.717, 1.165) is 5.56 Å². The van der Waals surface area contributed by atoms with Crippen LogP contribution in [0.2, 0.25) is 0 Å². The summed E-state index contributed by atoms with van der Waals surface area (Å²) in [6.45, 7) is 1.72. The van der Waals surface area contributed by atoms with Gasteiger partial charge < -0.3 is 11.1 Å². The fourth-order valence-electron chi connectivity index (χ4n) is 1.56. The Morgan fingerprint density at radius 2 is 2.00 bits per heavy atom. The minimum atomic E-state index is -0.443. The minimum absolute atomic E-state index is 0.124. The molecule has 0 aromatic heterocycles. The predicted octanol–water partition coefficient (Wildman–Crippen LogP) is 0.481. The van der Waals surface area contributed by atoms with Gasteiger partial charge >= 0.3 is 0 Å². The van der Waals surface area contributed by atoms with Crippen LogP contribution in [0.15, 0.2) is 24.3 Å². The van der Waals surface area contributed by atoms with Crippen molar-refractivity contribution in [1.29, 1.82) is 5.26 Å². The Morgan fingerprint density at radius 3 is 2.50 bits per heavy atom. The number of nitrogens with two attached hydrogens (primary N) is 1. The van der Waals surface area contributed by atoms with Gasteiger partial charge in [0.05, 0.1) is 18.1 Å². The number of hydrogen-bond donors (Lipinski definition) is 2. The standard InChI is InChI=1S/C13H15N3O2/c1-9(6-12(15)17)16-13(18)7-10-2-4-11(8-14)5-3-10/h2-5,9H,6-7H2,1H3,(H2,15,17)(H,16,18). The van der Waals surface area contributed by atoms with E-state index in [9.17, 15) is 9.59 Å². The number of nitrogens with one attached hydrogen (secondary N) is 1. The molecule has 0 spiro atoms. The molecule has 0 aliphatic rings. The van der Waals surface area contributed by atoms with Gasteiger partial charge in [-0.1, -0.05) is 12.1 Å². The summed E-state index contributed by atoms with van der Waals surface area (Å²) >= 11 is 0. The maximum atomic E-state index is 11.6. The molecule has 0 fully saturated rings. The molecule has 1 unspecified atom stereocenters. The molecule has 0 heterocycles. The van der Waals surface area contributed by atoms with Crippen molar-refractivity contribution >= 4 is 11.8 Å². The van der Waals surface area contributed by atoms with Gasteiger partial charge in [-0.3, -0.25) is 9.59 Å². The van der Waals surface area contributed by atoms with Gasteiger partial charge in [0, 0.05) is 12.5 Å². The van der Waals surface area contributed by atoms with Crippen LogP contribution < -0.4 is 11.1 Å². The van der Waals surface area contributed by atoms with Crippen molar-refractivity contribution in [3.8, 4) is 6.07 Å². The third kappa shape index (κ3) is 4.66. The van der Waals surface area contributed by atoms with Gasteiger partial charge in [0.1, 0.15) is 0 Å². The molecule has 3 N–H and O–H groups in total. The molecule has 0 radical (unpaired) electrons. The fraction of sp³-hybridized carbons (Fsp3) is 0.308. The number of nitriles is 1. The summed E-state index contributed by atoms with van der Waals surface area (Å²) in [6, 6.07) is 8.53. The second-order valence-corrected chi connectivity index (χ2v) is 4.12. The van der Waals surface area contributed by atoms with Crippen LogP contribution in [0.5, 0.6) is 0 Å². The van der Waals surface area contributed by atoms with Crippen LogP contribution in [-0.4, -0.2) is 17.9 Å². The Morgan fingerprint density at radius 1 is 1.39 bits per heavy atom. The predicted molar refractivity (Wildman–Crippen MR) is 66.3 cm³/mol. The highest BCUT2D eigenvalue weighted by Gasteiger charge is 2.10. The fourth-order valence-corrected chi connectivity index (χ4v) is 1.56. The Hall–Kier alpha value is -2.35. The zero-order valence-electron chi connectivity index (χ0n) is 10.1. The molecule has 94 valence electrons. The summed E-state index contributed by atoms with van der Waals surface area (Å²) < 4.78 is 0. The number of hydrogen-bond acceptors (Lipinski definition) is 3. The van der Waals surface area contributed by atoms with Gasteiger partial charge in [0.25, 0.3) is 0 Å². The molecule has 2 amide bonds. The smallest absolute Gasteiger partial charge is 0.224 e. The molecule has 1 aromatic rings. The highest BCUT2D eigenvalue weighted by atomic mass is 16.2. The van der Waals surface area contributed by atoms with E-state index < -0.39 is 5.91 Å². The lowest BCUT2D eigenvalue weighted by atomic mass is 10.1. The van der Waals surface area contributed by atoms with Gasteiger partial charge in [0.2, 0.25) is 11.8 Å². The third-order valence-electron chi connectivity index (χ3n) is 2.36. The van der Waals surface area contributed by atoms with Crippen molar-refractivity contribution in [3.63, 3.8) is 0 Å². The number of carbonyl (C=O) groups is 2. The van der Waals surface area contributed by atoms with Crippen molar-refractivity contribution in [3.05, 3.63) is 35.4 Å². The molecule has 1 rings (SSSR count). The lowest BCUT2D eigenvalue weighted by Crippen LogP contribution is -2.36. The number of nitrogens with zero attached hydrogens (tertiary/aromatic N) is 1. The van der Waals surface area contributed by atoms with Gasteiger partial charge in [-0.2, -0.15) is 5.26 Å². The van der Waals surface area contributed by atoms with Gasteiger partial charge in [-0.15, -0.1) is 0 Å². The van der Waals surface area contributed by atoms with E-state index in [0.29, 0.717) is 5.56 Å². The number of benzene rings is 1. The average molecular weight is 245 g/mol. The molecule has 0 aliphatic carbocycles. The van der Waals surface area contributed by atoms with E-state index >= 15 is 0 Å². The average Bonchev–Trinajstić information content (AvgIpc) is 2.28. The quantitative estimate of drug-likeness (QED) is 0.789. The highest BCUT2D eigenvalue weighted by Crippen LogP contribution is 2.04. The van der Waals surface area contributed by atoms with Crippen LogP contribution in [0.4, 0.5) is 0 Å². The first kappa shape index (κ1) is 13.7. The first-order valence-corrected chi connectivity index (χ1v) is 5.58. The second kappa shape index (κ2) is 6.40. The number of carbonyl (C=O) groups excluding carboxylic acids is 2. The molecule has 5 heteroatoms. The largest absolute Gasteiger partial charge is 0.370 e. The van der Waals surface area contributed by atoms with Crippen molar-refractivity contribution < 1.29 is 9.59 Å². The Kier molecular flexibility index (Phi) is 4.88. The van der Waals surface area contributed by atoms with E-state index in [1.165, 1.54) is 0 Å².